The van der Waals surface area contributed by atoms with Gasteiger partial charge in [-0.05, 0) is 38.1 Å². The van der Waals surface area contributed by atoms with Crippen molar-refractivity contribution in [2.45, 2.75) is 32.9 Å². The van der Waals surface area contributed by atoms with E-state index in [0.717, 1.165) is 28.4 Å². The lowest BCUT2D eigenvalue weighted by Crippen LogP contribution is -2.44. The van der Waals surface area contributed by atoms with Crippen molar-refractivity contribution in [1.82, 2.24) is 9.47 Å². The zero-order chi connectivity index (χ0) is 22.7. The van der Waals surface area contributed by atoms with Gasteiger partial charge in [-0.25, -0.2) is 0 Å². The Morgan fingerprint density at radius 3 is 2.66 bits per heavy atom. The van der Waals surface area contributed by atoms with E-state index in [1.165, 1.54) is 12.0 Å². The fourth-order valence-electron chi connectivity index (χ4n) is 4.33. The van der Waals surface area contributed by atoms with Crippen LogP contribution in [-0.4, -0.2) is 59.9 Å². The number of hydrogen-bond acceptors (Lipinski definition) is 5. The minimum Gasteiger partial charge on any atom is -0.396 e. The zero-order valence-electron chi connectivity index (χ0n) is 18.6. The number of likely N-dealkylation sites (tertiary alicyclic amines) is 1. The van der Waals surface area contributed by atoms with Gasteiger partial charge in [0.05, 0.1) is 12.3 Å². The Kier molecular flexibility index (Phi) is 6.41. The molecule has 1 aromatic heterocycles. The minimum absolute atomic E-state index is 0.0891. The molecule has 1 aliphatic heterocycles. The average Bonchev–Trinajstić information content (AvgIpc) is 3.37. The molecule has 0 bridgehead atoms. The van der Waals surface area contributed by atoms with E-state index in [2.05, 4.69) is 34.1 Å². The van der Waals surface area contributed by atoms with Gasteiger partial charge in [0, 0.05) is 47.6 Å². The number of benzene rings is 2. The predicted molar refractivity (Wildman–Crippen MR) is 125 cm³/mol. The summed E-state index contributed by atoms with van der Waals surface area (Å²) in [5, 5.41) is 9.28. The van der Waals surface area contributed by atoms with Crippen LogP contribution in [0.1, 0.15) is 20.3 Å². The summed E-state index contributed by atoms with van der Waals surface area (Å²) in [6.45, 7) is 5.41. The molecule has 2 aromatic carbocycles. The molecule has 8 nitrogen and oxygen atoms in total. The van der Waals surface area contributed by atoms with Crippen molar-refractivity contribution in [1.29, 1.82) is 0 Å². The standard InChI is InChI=1S/C24H28N4O4/c1-4-27-20-9-7-6-8-18(20)19-12-16(10-11-21(19)27)25-24(30)22-13-17(26-32-5-2)14-28(22)23(29)15-31-3/h6-12,22H,4-5,13-15H2,1-3H3,(H,25,30)/t22-/m0/s1. The summed E-state index contributed by atoms with van der Waals surface area (Å²) in [5.74, 6) is -0.509. The van der Waals surface area contributed by atoms with E-state index in [1.807, 2.05) is 37.3 Å². The summed E-state index contributed by atoms with van der Waals surface area (Å²) in [6, 6.07) is 13.5. The number of rotatable bonds is 7. The number of anilines is 1. The summed E-state index contributed by atoms with van der Waals surface area (Å²) in [4.78, 5) is 32.3. The molecule has 32 heavy (non-hydrogen) atoms. The van der Waals surface area contributed by atoms with Crippen LogP contribution in [-0.2, 0) is 25.7 Å². The van der Waals surface area contributed by atoms with Crippen LogP contribution < -0.4 is 5.32 Å². The lowest BCUT2D eigenvalue weighted by molar-refractivity contribution is -0.139. The van der Waals surface area contributed by atoms with E-state index in [1.54, 1.807) is 0 Å². The summed E-state index contributed by atoms with van der Waals surface area (Å²) in [5.41, 5.74) is 3.64. The van der Waals surface area contributed by atoms with Gasteiger partial charge in [0.25, 0.3) is 0 Å². The maximum absolute atomic E-state index is 13.2. The smallest absolute Gasteiger partial charge is 0.249 e. The average molecular weight is 437 g/mol. The highest BCUT2D eigenvalue weighted by Gasteiger charge is 2.38. The van der Waals surface area contributed by atoms with Crippen molar-refractivity contribution in [3.63, 3.8) is 0 Å². The van der Waals surface area contributed by atoms with Crippen LogP contribution in [0.25, 0.3) is 21.8 Å². The van der Waals surface area contributed by atoms with E-state index in [9.17, 15) is 9.59 Å². The molecule has 0 unspecified atom stereocenters. The number of carbonyl (C=O) groups is 2. The number of aromatic nitrogens is 1. The minimum atomic E-state index is -0.662. The lowest BCUT2D eigenvalue weighted by atomic mass is 10.1. The summed E-state index contributed by atoms with van der Waals surface area (Å²) in [7, 11) is 1.46. The first-order chi connectivity index (χ1) is 15.6. The molecule has 0 spiro atoms. The molecule has 1 aliphatic rings. The third-order valence-corrected chi connectivity index (χ3v) is 5.73. The molecule has 0 radical (unpaired) electrons. The van der Waals surface area contributed by atoms with Gasteiger partial charge >= 0.3 is 0 Å². The second kappa shape index (κ2) is 9.40. The highest BCUT2D eigenvalue weighted by Crippen LogP contribution is 2.31. The Hall–Kier alpha value is -3.39. The quantitative estimate of drug-likeness (QED) is 0.576. The molecular formula is C24H28N4O4. The summed E-state index contributed by atoms with van der Waals surface area (Å²) >= 11 is 0. The Labute approximate surface area is 186 Å². The monoisotopic (exact) mass is 436 g/mol. The highest BCUT2D eigenvalue weighted by molar-refractivity contribution is 6.11. The van der Waals surface area contributed by atoms with E-state index < -0.39 is 6.04 Å². The Morgan fingerprint density at radius 2 is 1.91 bits per heavy atom. The SMILES string of the molecule is CCON=C1C[C@@H](C(=O)Nc2ccc3c(c2)c2ccccc2n3CC)N(C(=O)COC)C1. The van der Waals surface area contributed by atoms with Crippen molar-refractivity contribution in [3.05, 3.63) is 42.5 Å². The number of ether oxygens (including phenoxy) is 1. The van der Waals surface area contributed by atoms with Crippen LogP contribution in [0.2, 0.25) is 0 Å². The molecular weight excluding hydrogens is 408 g/mol. The first-order valence-corrected chi connectivity index (χ1v) is 10.8. The molecule has 1 N–H and O–H groups in total. The largest absolute Gasteiger partial charge is 0.396 e. The highest BCUT2D eigenvalue weighted by atomic mass is 16.6. The van der Waals surface area contributed by atoms with Crippen molar-refractivity contribution < 1.29 is 19.2 Å². The maximum Gasteiger partial charge on any atom is 0.249 e. The van der Waals surface area contributed by atoms with Crippen molar-refractivity contribution >= 4 is 45.0 Å². The van der Waals surface area contributed by atoms with E-state index in [4.69, 9.17) is 9.57 Å². The first kappa shape index (κ1) is 21.8. The summed E-state index contributed by atoms with van der Waals surface area (Å²) < 4.78 is 7.24. The molecule has 3 aromatic rings. The predicted octanol–water partition coefficient (Wildman–Crippen LogP) is 3.39. The number of fused-ring (bicyclic) bond motifs is 3. The third kappa shape index (κ3) is 4.05. The number of methoxy groups -OCH3 is 1. The lowest BCUT2D eigenvalue weighted by Gasteiger charge is -2.23. The van der Waals surface area contributed by atoms with Crippen molar-refractivity contribution in [2.75, 3.05) is 32.2 Å². The van der Waals surface area contributed by atoms with Gasteiger partial charge in [0.1, 0.15) is 19.3 Å². The fraction of sp³-hybridized carbons (Fsp3) is 0.375. The molecule has 0 aliphatic carbocycles. The van der Waals surface area contributed by atoms with Crippen LogP contribution in [0.4, 0.5) is 5.69 Å². The first-order valence-electron chi connectivity index (χ1n) is 10.8. The molecule has 4 rings (SSSR count). The van der Waals surface area contributed by atoms with Crippen LogP contribution >= 0.6 is 0 Å². The number of oxime groups is 1. The third-order valence-electron chi connectivity index (χ3n) is 5.73. The van der Waals surface area contributed by atoms with Crippen molar-refractivity contribution in [2.24, 2.45) is 5.16 Å². The number of amides is 2. The van der Waals surface area contributed by atoms with E-state index in [-0.39, 0.29) is 25.0 Å². The number of para-hydroxylation sites is 1. The van der Waals surface area contributed by atoms with E-state index >= 15 is 0 Å². The molecule has 1 atom stereocenters. The van der Waals surface area contributed by atoms with Crippen LogP contribution in [0.5, 0.6) is 0 Å². The molecule has 2 heterocycles. The topological polar surface area (TPSA) is 85.2 Å². The van der Waals surface area contributed by atoms with Crippen LogP contribution in [0, 0.1) is 0 Å². The Balaban J connectivity index is 1.62. The van der Waals surface area contributed by atoms with Gasteiger partial charge in [-0.1, -0.05) is 23.4 Å². The van der Waals surface area contributed by atoms with Crippen LogP contribution in [0.15, 0.2) is 47.6 Å². The van der Waals surface area contributed by atoms with Gasteiger partial charge in [0.2, 0.25) is 11.8 Å². The Bertz CT molecular complexity index is 1180. The normalized spacial score (nSPS) is 17.4. The number of aryl methyl sites for hydroxylation is 1. The van der Waals surface area contributed by atoms with Gasteiger partial charge in [-0.3, -0.25) is 9.59 Å². The number of nitrogens with zero attached hydrogens (tertiary/aromatic N) is 3. The number of carbonyl (C=O) groups excluding carboxylic acids is 2. The molecule has 0 saturated carbocycles. The van der Waals surface area contributed by atoms with Gasteiger partial charge in [-0.2, -0.15) is 0 Å². The number of nitrogens with one attached hydrogen (secondary N) is 1. The van der Waals surface area contributed by atoms with Crippen LogP contribution in [0.3, 0.4) is 0 Å². The molecule has 2 amide bonds. The second-order valence-corrected chi connectivity index (χ2v) is 7.73. The number of hydrogen-bond donors (Lipinski definition) is 1. The molecule has 168 valence electrons. The maximum atomic E-state index is 13.2. The fourth-order valence-corrected chi connectivity index (χ4v) is 4.33. The molecule has 1 fully saturated rings. The van der Waals surface area contributed by atoms with Crippen molar-refractivity contribution in [3.8, 4) is 0 Å². The van der Waals surface area contributed by atoms with Gasteiger partial charge in [0.15, 0.2) is 0 Å². The van der Waals surface area contributed by atoms with Gasteiger partial charge < -0.3 is 24.4 Å². The molecule has 1 saturated heterocycles. The molecule has 8 heteroatoms. The zero-order valence-corrected chi connectivity index (χ0v) is 18.6. The second-order valence-electron chi connectivity index (χ2n) is 7.73. The van der Waals surface area contributed by atoms with Gasteiger partial charge in [-0.15, -0.1) is 0 Å². The Morgan fingerprint density at radius 1 is 1.12 bits per heavy atom. The van der Waals surface area contributed by atoms with E-state index in [0.29, 0.717) is 24.4 Å². The summed E-state index contributed by atoms with van der Waals surface area (Å²) in [6.07, 6.45) is 0.332.